The van der Waals surface area contributed by atoms with Crippen molar-refractivity contribution in [2.75, 3.05) is 5.32 Å². The Morgan fingerprint density at radius 2 is 2.07 bits per heavy atom. The molecule has 3 rings (SSSR count). The van der Waals surface area contributed by atoms with E-state index in [4.69, 9.17) is 4.74 Å². The number of ether oxygens (including phenoxy) is 1. The Bertz CT molecular complexity index is 838. The zero-order chi connectivity index (χ0) is 20.1. The number of anilines is 1. The third kappa shape index (κ3) is 4.91. The Morgan fingerprint density at radius 1 is 1.32 bits per heavy atom. The summed E-state index contributed by atoms with van der Waals surface area (Å²) in [6.45, 7) is 3.10. The number of nitrogens with one attached hydrogen (secondary N) is 1. The summed E-state index contributed by atoms with van der Waals surface area (Å²) in [6.07, 6.45) is 8.89. The van der Waals surface area contributed by atoms with E-state index in [2.05, 4.69) is 10.4 Å². The summed E-state index contributed by atoms with van der Waals surface area (Å²) in [7, 11) is 0. The molecule has 0 atom stereocenters. The maximum absolute atomic E-state index is 12.2. The number of benzene rings is 1. The van der Waals surface area contributed by atoms with Crippen LogP contribution in [0.5, 0.6) is 5.75 Å². The van der Waals surface area contributed by atoms with Crippen molar-refractivity contribution in [2.45, 2.75) is 64.0 Å². The minimum atomic E-state index is -1.18. The molecule has 7 heteroatoms. The number of hydrogen-bond donors (Lipinski definition) is 2. The highest BCUT2D eigenvalue weighted by molar-refractivity contribution is 5.90. The molecule has 0 unspecified atom stereocenters. The molecule has 1 aliphatic carbocycles. The lowest BCUT2D eigenvalue weighted by molar-refractivity contribution is -0.146. The van der Waals surface area contributed by atoms with Crippen molar-refractivity contribution in [2.24, 2.45) is 0 Å². The molecule has 0 saturated heterocycles. The lowest BCUT2D eigenvalue weighted by Gasteiger charge is -2.19. The van der Waals surface area contributed by atoms with Gasteiger partial charge in [0.1, 0.15) is 5.75 Å². The van der Waals surface area contributed by atoms with E-state index < -0.39 is 11.5 Å². The molecule has 7 nitrogen and oxygen atoms in total. The zero-order valence-corrected chi connectivity index (χ0v) is 16.4. The molecular weight excluding hydrogens is 358 g/mol. The van der Waals surface area contributed by atoms with Gasteiger partial charge in [0.25, 0.3) is 0 Å². The van der Waals surface area contributed by atoms with Gasteiger partial charge in [-0.05, 0) is 63.6 Å². The molecule has 2 N–H and O–H groups in total. The van der Waals surface area contributed by atoms with Gasteiger partial charge in [-0.1, -0.05) is 12.1 Å². The topological polar surface area (TPSA) is 93.5 Å². The van der Waals surface area contributed by atoms with Crippen molar-refractivity contribution >= 4 is 17.6 Å². The number of aliphatic carboxylic acids is 1. The lowest BCUT2D eigenvalue weighted by Crippen LogP contribution is -2.35. The Morgan fingerprint density at radius 3 is 2.79 bits per heavy atom. The molecule has 2 aromatic rings. The second-order valence-corrected chi connectivity index (χ2v) is 7.76. The van der Waals surface area contributed by atoms with Gasteiger partial charge in [-0.25, -0.2) is 4.79 Å². The molecular formula is C21H27N3O4. The second kappa shape index (κ2) is 8.46. The predicted octanol–water partition coefficient (Wildman–Crippen LogP) is 3.60. The Hall–Kier alpha value is -2.83. The van der Waals surface area contributed by atoms with Gasteiger partial charge >= 0.3 is 5.97 Å². The van der Waals surface area contributed by atoms with Crippen molar-refractivity contribution in [3.05, 3.63) is 42.2 Å². The third-order valence-corrected chi connectivity index (χ3v) is 5.11. The fourth-order valence-electron chi connectivity index (χ4n) is 3.25. The maximum atomic E-state index is 12.2. The summed E-state index contributed by atoms with van der Waals surface area (Å²) in [5.41, 5.74) is 0.355. The molecule has 150 valence electrons. The smallest absolute Gasteiger partial charge is 0.331 e. The lowest BCUT2D eigenvalue weighted by atomic mass is 10.1. The minimum Gasteiger partial charge on any atom is -0.490 e. The van der Waals surface area contributed by atoms with Crippen LogP contribution in [-0.4, -0.2) is 32.9 Å². The number of carboxylic acid groups (broad SMARTS) is 1. The fraction of sp³-hybridized carbons (Fsp3) is 0.476. The molecule has 1 aromatic heterocycles. The Labute approximate surface area is 164 Å². The normalized spacial score (nSPS) is 14.8. The molecule has 1 fully saturated rings. The SMILES string of the molecule is CC(C)(C(=O)O)n1cc(NC(=O)CCc2cccc(OC3CCCC3)c2)cn1. The fourth-order valence-corrected chi connectivity index (χ4v) is 3.25. The molecule has 0 bridgehead atoms. The van der Waals surface area contributed by atoms with Gasteiger partial charge in [0.2, 0.25) is 5.91 Å². The van der Waals surface area contributed by atoms with Crippen LogP contribution in [0.15, 0.2) is 36.7 Å². The van der Waals surface area contributed by atoms with Crippen LogP contribution in [0.25, 0.3) is 0 Å². The largest absolute Gasteiger partial charge is 0.490 e. The zero-order valence-electron chi connectivity index (χ0n) is 16.4. The molecule has 1 saturated carbocycles. The number of aryl methyl sites for hydroxylation is 1. The van der Waals surface area contributed by atoms with Crippen LogP contribution in [0, 0.1) is 0 Å². The Balaban J connectivity index is 1.52. The molecule has 28 heavy (non-hydrogen) atoms. The minimum absolute atomic E-state index is 0.144. The van der Waals surface area contributed by atoms with Crippen LogP contribution in [0.4, 0.5) is 5.69 Å². The van der Waals surface area contributed by atoms with Crippen LogP contribution in [0.1, 0.15) is 51.5 Å². The number of carboxylic acids is 1. The first kappa shape index (κ1) is 19.9. The molecule has 1 heterocycles. The highest BCUT2D eigenvalue weighted by Gasteiger charge is 2.30. The number of nitrogens with zero attached hydrogens (tertiary/aromatic N) is 2. The quantitative estimate of drug-likeness (QED) is 0.724. The van der Waals surface area contributed by atoms with E-state index in [1.54, 1.807) is 13.8 Å². The Kier molecular flexibility index (Phi) is 6.02. The van der Waals surface area contributed by atoms with Crippen molar-refractivity contribution in [3.63, 3.8) is 0 Å². The highest BCUT2D eigenvalue weighted by Crippen LogP contribution is 2.25. The van der Waals surface area contributed by atoms with E-state index in [1.165, 1.54) is 29.9 Å². The third-order valence-electron chi connectivity index (χ3n) is 5.11. The van der Waals surface area contributed by atoms with Crippen LogP contribution in [0.3, 0.4) is 0 Å². The first-order valence-electron chi connectivity index (χ1n) is 9.68. The number of hydrogen-bond acceptors (Lipinski definition) is 4. The monoisotopic (exact) mass is 385 g/mol. The number of amides is 1. The van der Waals surface area contributed by atoms with E-state index in [0.29, 0.717) is 24.6 Å². The summed E-state index contributed by atoms with van der Waals surface area (Å²) >= 11 is 0. The molecule has 0 aliphatic heterocycles. The molecule has 1 aromatic carbocycles. The molecule has 0 spiro atoms. The van der Waals surface area contributed by atoms with Crippen molar-refractivity contribution < 1.29 is 19.4 Å². The summed E-state index contributed by atoms with van der Waals surface area (Å²) in [5.74, 6) is -0.273. The van der Waals surface area contributed by atoms with Crippen LogP contribution in [0.2, 0.25) is 0 Å². The van der Waals surface area contributed by atoms with Gasteiger partial charge < -0.3 is 15.2 Å². The van der Waals surface area contributed by atoms with Crippen molar-refractivity contribution in [3.8, 4) is 5.75 Å². The summed E-state index contributed by atoms with van der Waals surface area (Å²) in [6, 6.07) is 7.90. The maximum Gasteiger partial charge on any atom is 0.331 e. The summed E-state index contributed by atoms with van der Waals surface area (Å²) < 4.78 is 7.34. The number of carbonyl (C=O) groups is 2. The predicted molar refractivity (Wildman–Crippen MR) is 105 cm³/mol. The van der Waals surface area contributed by atoms with E-state index in [0.717, 1.165) is 24.2 Å². The second-order valence-electron chi connectivity index (χ2n) is 7.76. The number of aromatic nitrogens is 2. The van der Waals surface area contributed by atoms with Gasteiger partial charge in [0.05, 0.1) is 18.0 Å². The number of rotatable bonds is 8. The van der Waals surface area contributed by atoms with E-state index in [-0.39, 0.29) is 5.91 Å². The average Bonchev–Trinajstić information content (AvgIpc) is 3.32. The standard InChI is InChI=1S/C21H27N3O4/c1-21(2,20(26)27)24-14-16(13-22-24)23-19(25)11-10-15-6-5-9-18(12-15)28-17-7-3-4-8-17/h5-6,9,12-14,17H,3-4,7-8,10-11H2,1-2H3,(H,23,25)(H,26,27). The van der Waals surface area contributed by atoms with Gasteiger partial charge in [-0.2, -0.15) is 5.10 Å². The summed E-state index contributed by atoms with van der Waals surface area (Å²) in [5, 5.41) is 16.1. The molecule has 1 amide bonds. The van der Waals surface area contributed by atoms with Crippen molar-refractivity contribution in [1.29, 1.82) is 0 Å². The van der Waals surface area contributed by atoms with Gasteiger partial charge in [0, 0.05) is 12.6 Å². The van der Waals surface area contributed by atoms with Crippen molar-refractivity contribution in [1.82, 2.24) is 9.78 Å². The molecule has 0 radical (unpaired) electrons. The average molecular weight is 385 g/mol. The molecule has 1 aliphatic rings. The van der Waals surface area contributed by atoms with Crippen LogP contribution < -0.4 is 10.1 Å². The van der Waals surface area contributed by atoms with E-state index in [1.807, 2.05) is 24.3 Å². The first-order chi connectivity index (χ1) is 13.3. The first-order valence-corrected chi connectivity index (χ1v) is 9.68. The van der Waals surface area contributed by atoms with Crippen LogP contribution >= 0.6 is 0 Å². The van der Waals surface area contributed by atoms with Gasteiger partial charge in [-0.15, -0.1) is 0 Å². The van der Waals surface area contributed by atoms with E-state index >= 15 is 0 Å². The summed E-state index contributed by atoms with van der Waals surface area (Å²) in [4.78, 5) is 23.5. The van der Waals surface area contributed by atoms with Gasteiger partial charge in [0.15, 0.2) is 5.54 Å². The van der Waals surface area contributed by atoms with Crippen LogP contribution in [-0.2, 0) is 21.5 Å². The highest BCUT2D eigenvalue weighted by atomic mass is 16.5. The van der Waals surface area contributed by atoms with E-state index in [9.17, 15) is 14.7 Å². The number of carbonyl (C=O) groups excluding carboxylic acids is 1. The van der Waals surface area contributed by atoms with Gasteiger partial charge in [-0.3, -0.25) is 9.48 Å².